The van der Waals surface area contributed by atoms with Gasteiger partial charge in [0.2, 0.25) is 10.7 Å². The SMILES string of the molecule is COc1cc(-c2nnc3sc(-c4ccc(Cl)cc4)nn23)cc(OC)c1OC. The fourth-order valence-electron chi connectivity index (χ4n) is 2.72. The van der Waals surface area contributed by atoms with Crippen molar-refractivity contribution in [1.29, 1.82) is 0 Å². The smallest absolute Gasteiger partial charge is 0.235 e. The number of ether oxygens (including phenoxy) is 3. The van der Waals surface area contributed by atoms with Gasteiger partial charge in [-0.3, -0.25) is 0 Å². The number of nitrogens with zero attached hydrogens (tertiary/aromatic N) is 4. The molecule has 0 aliphatic rings. The van der Waals surface area contributed by atoms with Crippen LogP contribution in [0.15, 0.2) is 36.4 Å². The van der Waals surface area contributed by atoms with Crippen LogP contribution in [0.5, 0.6) is 17.2 Å². The van der Waals surface area contributed by atoms with Crippen molar-refractivity contribution in [2.75, 3.05) is 21.3 Å². The normalized spacial score (nSPS) is 11.0. The van der Waals surface area contributed by atoms with Crippen LogP contribution in [0.25, 0.3) is 26.9 Å². The molecule has 4 aromatic rings. The van der Waals surface area contributed by atoms with Crippen LogP contribution in [0.1, 0.15) is 0 Å². The number of hydrogen-bond acceptors (Lipinski definition) is 7. The molecule has 0 N–H and O–H groups in total. The highest BCUT2D eigenvalue weighted by molar-refractivity contribution is 7.19. The fraction of sp³-hybridized carbons (Fsp3) is 0.167. The van der Waals surface area contributed by atoms with Gasteiger partial charge in [-0.2, -0.15) is 9.61 Å². The average Bonchev–Trinajstić information content (AvgIpc) is 3.28. The summed E-state index contributed by atoms with van der Waals surface area (Å²) < 4.78 is 17.9. The summed E-state index contributed by atoms with van der Waals surface area (Å²) in [4.78, 5) is 0.684. The fourth-order valence-corrected chi connectivity index (χ4v) is 3.69. The van der Waals surface area contributed by atoms with Crippen molar-refractivity contribution in [3.05, 3.63) is 41.4 Å². The molecule has 4 rings (SSSR count). The molecule has 9 heteroatoms. The third kappa shape index (κ3) is 3.07. The minimum atomic E-state index is 0.518. The van der Waals surface area contributed by atoms with Gasteiger partial charge < -0.3 is 14.2 Å². The van der Waals surface area contributed by atoms with E-state index in [0.717, 1.165) is 16.1 Å². The molecule has 0 saturated carbocycles. The first-order chi connectivity index (χ1) is 13.1. The summed E-state index contributed by atoms with van der Waals surface area (Å²) in [5.74, 6) is 2.18. The summed E-state index contributed by atoms with van der Waals surface area (Å²) >= 11 is 7.41. The van der Waals surface area contributed by atoms with Crippen LogP contribution in [0, 0.1) is 0 Å². The predicted octanol–water partition coefficient (Wildman–Crippen LogP) is 4.20. The number of fused-ring (bicyclic) bond motifs is 1. The Kier molecular flexibility index (Phi) is 4.59. The second kappa shape index (κ2) is 7.05. The maximum atomic E-state index is 5.97. The van der Waals surface area contributed by atoms with Gasteiger partial charge in [0.15, 0.2) is 17.3 Å². The van der Waals surface area contributed by atoms with Gasteiger partial charge in [-0.05, 0) is 24.3 Å². The number of halogens is 1. The first-order valence-electron chi connectivity index (χ1n) is 7.93. The summed E-state index contributed by atoms with van der Waals surface area (Å²) in [6.45, 7) is 0. The molecule has 0 unspecified atom stereocenters. The molecule has 0 radical (unpaired) electrons. The van der Waals surface area contributed by atoms with Gasteiger partial charge in [0, 0.05) is 16.1 Å². The van der Waals surface area contributed by atoms with Crippen molar-refractivity contribution in [3.8, 4) is 39.2 Å². The van der Waals surface area contributed by atoms with Crippen LogP contribution in [-0.2, 0) is 0 Å². The van der Waals surface area contributed by atoms with E-state index in [2.05, 4.69) is 15.3 Å². The number of aromatic nitrogens is 4. The molecule has 0 spiro atoms. The van der Waals surface area contributed by atoms with Crippen molar-refractivity contribution < 1.29 is 14.2 Å². The number of rotatable bonds is 5. The zero-order valence-electron chi connectivity index (χ0n) is 14.8. The lowest BCUT2D eigenvalue weighted by molar-refractivity contribution is 0.324. The van der Waals surface area contributed by atoms with E-state index in [-0.39, 0.29) is 0 Å². The van der Waals surface area contributed by atoms with E-state index in [9.17, 15) is 0 Å². The standard InChI is InChI=1S/C18H15ClN4O3S/c1-24-13-8-11(9-14(25-2)15(13)26-3)16-20-21-18-23(16)22-17(27-18)10-4-6-12(19)7-5-10/h4-9H,1-3H3. The molecule has 138 valence electrons. The van der Waals surface area contributed by atoms with Crippen LogP contribution in [0.4, 0.5) is 0 Å². The minimum absolute atomic E-state index is 0.518. The van der Waals surface area contributed by atoms with Gasteiger partial charge in [-0.1, -0.05) is 35.1 Å². The van der Waals surface area contributed by atoms with Gasteiger partial charge in [0.05, 0.1) is 21.3 Å². The van der Waals surface area contributed by atoms with Gasteiger partial charge in [0.25, 0.3) is 0 Å². The summed E-state index contributed by atoms with van der Waals surface area (Å²) in [7, 11) is 4.71. The molecule has 0 fully saturated rings. The zero-order chi connectivity index (χ0) is 19.0. The third-order valence-corrected chi connectivity index (χ3v) is 5.20. The third-order valence-electron chi connectivity index (χ3n) is 4.00. The highest BCUT2D eigenvalue weighted by Crippen LogP contribution is 2.41. The highest BCUT2D eigenvalue weighted by atomic mass is 35.5. The van der Waals surface area contributed by atoms with Gasteiger partial charge >= 0.3 is 0 Å². The van der Waals surface area contributed by atoms with E-state index in [0.29, 0.717) is 33.1 Å². The second-order valence-corrected chi connectivity index (χ2v) is 6.94. The Bertz CT molecular complexity index is 1080. The quantitative estimate of drug-likeness (QED) is 0.498. The molecule has 0 saturated heterocycles. The number of hydrogen-bond donors (Lipinski definition) is 0. The van der Waals surface area contributed by atoms with E-state index in [1.54, 1.807) is 25.8 Å². The molecule has 0 aliphatic carbocycles. The van der Waals surface area contributed by atoms with Crippen molar-refractivity contribution >= 4 is 27.9 Å². The van der Waals surface area contributed by atoms with Gasteiger partial charge in [-0.25, -0.2) is 0 Å². The summed E-state index contributed by atoms with van der Waals surface area (Å²) in [5.41, 5.74) is 1.72. The molecule has 0 amide bonds. The van der Waals surface area contributed by atoms with Crippen LogP contribution in [-0.4, -0.2) is 41.1 Å². The van der Waals surface area contributed by atoms with Gasteiger partial charge in [0.1, 0.15) is 5.01 Å². The lowest BCUT2D eigenvalue weighted by Crippen LogP contribution is -1.97. The summed E-state index contributed by atoms with van der Waals surface area (Å²) in [5, 5.41) is 14.7. The monoisotopic (exact) mass is 402 g/mol. The van der Waals surface area contributed by atoms with Crippen LogP contribution >= 0.6 is 22.9 Å². The first kappa shape index (κ1) is 17.6. The molecule has 7 nitrogen and oxygen atoms in total. The Balaban J connectivity index is 1.84. The number of methoxy groups -OCH3 is 3. The summed E-state index contributed by atoms with van der Waals surface area (Å²) in [6.07, 6.45) is 0. The lowest BCUT2D eigenvalue weighted by atomic mass is 10.1. The van der Waals surface area contributed by atoms with Gasteiger partial charge in [-0.15, -0.1) is 10.2 Å². The van der Waals surface area contributed by atoms with E-state index in [4.69, 9.17) is 25.8 Å². The van der Waals surface area contributed by atoms with E-state index >= 15 is 0 Å². The average molecular weight is 403 g/mol. The Morgan fingerprint density at radius 2 is 1.56 bits per heavy atom. The Hall–Kier alpha value is -2.84. The second-order valence-electron chi connectivity index (χ2n) is 5.55. The molecule has 0 aliphatic heterocycles. The minimum Gasteiger partial charge on any atom is -0.493 e. The molecule has 0 atom stereocenters. The first-order valence-corrected chi connectivity index (χ1v) is 9.12. The summed E-state index contributed by atoms with van der Waals surface area (Å²) in [6, 6.07) is 11.2. The Morgan fingerprint density at radius 1 is 0.889 bits per heavy atom. The molecule has 0 bridgehead atoms. The molecule has 27 heavy (non-hydrogen) atoms. The van der Waals surface area contributed by atoms with Crippen molar-refractivity contribution in [3.63, 3.8) is 0 Å². The lowest BCUT2D eigenvalue weighted by Gasteiger charge is -2.13. The molecule has 2 aromatic heterocycles. The zero-order valence-corrected chi connectivity index (χ0v) is 16.3. The van der Waals surface area contributed by atoms with E-state index in [1.165, 1.54) is 11.3 Å². The molecular weight excluding hydrogens is 388 g/mol. The molecule has 2 aromatic carbocycles. The maximum absolute atomic E-state index is 5.97. The predicted molar refractivity (Wildman–Crippen MR) is 104 cm³/mol. The van der Waals surface area contributed by atoms with Crippen LogP contribution < -0.4 is 14.2 Å². The highest BCUT2D eigenvalue weighted by Gasteiger charge is 2.19. The van der Waals surface area contributed by atoms with E-state index in [1.807, 2.05) is 36.4 Å². The Morgan fingerprint density at radius 3 is 2.15 bits per heavy atom. The molecular formula is C18H15ClN4O3S. The number of benzene rings is 2. The van der Waals surface area contributed by atoms with Crippen LogP contribution in [0.2, 0.25) is 5.02 Å². The maximum Gasteiger partial charge on any atom is 0.235 e. The van der Waals surface area contributed by atoms with Crippen molar-refractivity contribution in [2.24, 2.45) is 0 Å². The topological polar surface area (TPSA) is 70.8 Å². The Labute approximate surface area is 164 Å². The largest absolute Gasteiger partial charge is 0.493 e. The van der Waals surface area contributed by atoms with E-state index < -0.39 is 0 Å². The molecule has 2 heterocycles. The van der Waals surface area contributed by atoms with Crippen molar-refractivity contribution in [1.82, 2.24) is 19.8 Å². The van der Waals surface area contributed by atoms with Crippen molar-refractivity contribution in [2.45, 2.75) is 0 Å². The van der Waals surface area contributed by atoms with Crippen LogP contribution in [0.3, 0.4) is 0 Å².